The normalized spacial score (nSPS) is 17.2. The molecule has 120 valence electrons. The van der Waals surface area contributed by atoms with Gasteiger partial charge >= 0.3 is 0 Å². The molecule has 1 aliphatic rings. The summed E-state index contributed by atoms with van der Waals surface area (Å²) in [5.74, 6) is -0.0549. The minimum absolute atomic E-state index is 0.0549. The topological polar surface area (TPSA) is 74.8 Å². The van der Waals surface area contributed by atoms with Gasteiger partial charge in [-0.1, -0.05) is 42.1 Å². The van der Waals surface area contributed by atoms with Gasteiger partial charge < -0.3 is 10.3 Å². The molecule has 6 heteroatoms. The zero-order valence-electron chi connectivity index (χ0n) is 12.8. The molecule has 0 aliphatic carbocycles. The maximum atomic E-state index is 12.5. The van der Waals surface area contributed by atoms with Crippen LogP contribution in [-0.2, 0) is 11.2 Å². The number of fused-ring (bicyclic) bond motifs is 2. The minimum atomic E-state index is -0.290. The molecule has 1 amide bonds. The Labute approximate surface area is 142 Å². The lowest BCUT2D eigenvalue weighted by atomic mass is 10.1. The number of amides is 1. The summed E-state index contributed by atoms with van der Waals surface area (Å²) in [7, 11) is 0. The van der Waals surface area contributed by atoms with Crippen molar-refractivity contribution in [1.29, 1.82) is 0 Å². The van der Waals surface area contributed by atoms with Crippen molar-refractivity contribution in [3.8, 4) is 0 Å². The van der Waals surface area contributed by atoms with E-state index in [0.717, 1.165) is 17.7 Å². The number of para-hydroxylation sites is 2. The number of aromatic amines is 1. The number of aromatic nitrogens is 2. The predicted octanol–water partition coefficient (Wildman–Crippen LogP) is 2.97. The second-order valence-electron chi connectivity index (χ2n) is 5.68. The molecular weight excluding hydrogens is 322 g/mol. The summed E-state index contributed by atoms with van der Waals surface area (Å²) in [4.78, 5) is 31.9. The fourth-order valence-electron chi connectivity index (χ4n) is 2.86. The maximum absolute atomic E-state index is 12.5. The second kappa shape index (κ2) is 6.13. The molecule has 1 atom stereocenters. The fourth-order valence-corrected chi connectivity index (χ4v) is 3.83. The Bertz CT molecular complexity index is 983. The van der Waals surface area contributed by atoms with Crippen molar-refractivity contribution in [3.63, 3.8) is 0 Å². The van der Waals surface area contributed by atoms with Gasteiger partial charge in [-0.2, -0.15) is 0 Å². The molecule has 5 nitrogen and oxygen atoms in total. The smallest absolute Gasteiger partial charge is 0.259 e. The highest BCUT2D eigenvalue weighted by molar-refractivity contribution is 8.00. The Morgan fingerprint density at radius 3 is 2.75 bits per heavy atom. The molecule has 0 bridgehead atoms. The molecule has 2 aromatic carbocycles. The van der Waals surface area contributed by atoms with E-state index in [1.165, 1.54) is 11.8 Å². The summed E-state index contributed by atoms with van der Waals surface area (Å²) in [6, 6.07) is 15.0. The third-order valence-corrected chi connectivity index (χ3v) is 5.24. The van der Waals surface area contributed by atoms with Crippen LogP contribution in [-0.4, -0.2) is 21.1 Å². The Hall–Kier alpha value is -2.60. The Morgan fingerprint density at radius 1 is 1.04 bits per heavy atom. The molecule has 3 aromatic rings. The largest absolute Gasteiger partial charge is 0.325 e. The number of nitrogens with zero attached hydrogens (tertiary/aromatic N) is 1. The van der Waals surface area contributed by atoms with E-state index in [-0.39, 0.29) is 16.7 Å². The first kappa shape index (κ1) is 15.0. The zero-order chi connectivity index (χ0) is 16.5. The van der Waals surface area contributed by atoms with Crippen LogP contribution in [0.15, 0.2) is 58.5 Å². The number of hydrogen-bond donors (Lipinski definition) is 2. The molecule has 0 fully saturated rings. The summed E-state index contributed by atoms with van der Waals surface area (Å²) in [5.41, 5.74) is 2.46. The molecule has 1 unspecified atom stereocenters. The van der Waals surface area contributed by atoms with Gasteiger partial charge in [-0.15, -0.1) is 0 Å². The highest BCUT2D eigenvalue weighted by Gasteiger charge is 2.25. The Morgan fingerprint density at radius 2 is 1.83 bits per heavy atom. The fraction of sp³-hybridized carbons (Fsp3) is 0.167. The van der Waals surface area contributed by atoms with E-state index < -0.39 is 0 Å². The van der Waals surface area contributed by atoms with Crippen LogP contribution in [0.25, 0.3) is 10.9 Å². The molecule has 4 rings (SSSR count). The van der Waals surface area contributed by atoms with Gasteiger partial charge in [0.05, 0.1) is 16.2 Å². The SMILES string of the molecule is O=C1Nc2ccccc2CCC1Sc1nc2ccccc2c(=O)[nH]1. The number of anilines is 1. The lowest BCUT2D eigenvalue weighted by Gasteiger charge is -2.12. The summed E-state index contributed by atoms with van der Waals surface area (Å²) < 4.78 is 0. The molecule has 2 heterocycles. The van der Waals surface area contributed by atoms with Crippen molar-refractivity contribution >= 4 is 34.3 Å². The van der Waals surface area contributed by atoms with Crippen LogP contribution in [0.1, 0.15) is 12.0 Å². The zero-order valence-corrected chi connectivity index (χ0v) is 13.6. The maximum Gasteiger partial charge on any atom is 0.259 e. The molecule has 0 radical (unpaired) electrons. The number of benzene rings is 2. The molecule has 0 spiro atoms. The second-order valence-corrected chi connectivity index (χ2v) is 6.87. The summed E-state index contributed by atoms with van der Waals surface area (Å²) in [6.45, 7) is 0. The third-order valence-electron chi connectivity index (χ3n) is 4.09. The monoisotopic (exact) mass is 337 g/mol. The molecule has 0 saturated heterocycles. The standard InChI is InChI=1S/C18H15N3O2S/c22-16-12-6-2-4-8-14(12)20-18(21-16)24-15-10-9-11-5-1-3-7-13(11)19-17(15)23/h1-8,15H,9-10H2,(H,19,23)(H,20,21,22). The Kier molecular flexibility index (Phi) is 3.82. The minimum Gasteiger partial charge on any atom is -0.325 e. The molecule has 1 aliphatic heterocycles. The van der Waals surface area contributed by atoms with Gasteiger partial charge in [0.15, 0.2) is 5.16 Å². The van der Waals surface area contributed by atoms with Gasteiger partial charge in [-0.25, -0.2) is 4.98 Å². The first-order valence-electron chi connectivity index (χ1n) is 7.75. The van der Waals surface area contributed by atoms with Crippen molar-refractivity contribution in [2.75, 3.05) is 5.32 Å². The van der Waals surface area contributed by atoms with Gasteiger partial charge in [0.25, 0.3) is 5.56 Å². The number of hydrogen-bond acceptors (Lipinski definition) is 4. The Balaban J connectivity index is 1.62. The molecule has 2 N–H and O–H groups in total. The van der Waals surface area contributed by atoms with Crippen molar-refractivity contribution in [3.05, 3.63) is 64.4 Å². The summed E-state index contributed by atoms with van der Waals surface area (Å²) >= 11 is 1.31. The van der Waals surface area contributed by atoms with Crippen LogP contribution >= 0.6 is 11.8 Å². The van der Waals surface area contributed by atoms with Crippen molar-refractivity contribution in [2.24, 2.45) is 0 Å². The van der Waals surface area contributed by atoms with Crippen LogP contribution in [0.5, 0.6) is 0 Å². The van der Waals surface area contributed by atoms with E-state index >= 15 is 0 Å². The first-order chi connectivity index (χ1) is 11.7. The quantitative estimate of drug-likeness (QED) is 0.705. The van der Waals surface area contributed by atoms with Gasteiger partial charge in [-0.05, 0) is 36.6 Å². The predicted molar refractivity (Wildman–Crippen MR) is 95.4 cm³/mol. The molecular formula is C18H15N3O2S. The average Bonchev–Trinajstić information content (AvgIpc) is 2.74. The number of thioether (sulfide) groups is 1. The van der Waals surface area contributed by atoms with Crippen LogP contribution in [0.2, 0.25) is 0 Å². The number of aryl methyl sites for hydroxylation is 1. The summed E-state index contributed by atoms with van der Waals surface area (Å²) in [5, 5.41) is 3.71. The first-order valence-corrected chi connectivity index (χ1v) is 8.63. The number of H-pyrrole nitrogens is 1. The van der Waals surface area contributed by atoms with Gasteiger partial charge in [0.2, 0.25) is 5.91 Å². The number of carbonyl (C=O) groups is 1. The van der Waals surface area contributed by atoms with Gasteiger partial charge in [0.1, 0.15) is 0 Å². The van der Waals surface area contributed by atoms with E-state index in [4.69, 9.17) is 0 Å². The lowest BCUT2D eigenvalue weighted by molar-refractivity contribution is -0.115. The highest BCUT2D eigenvalue weighted by Crippen LogP contribution is 2.30. The highest BCUT2D eigenvalue weighted by atomic mass is 32.2. The number of carbonyl (C=O) groups excluding carboxylic acids is 1. The van der Waals surface area contributed by atoms with Crippen LogP contribution in [0, 0.1) is 0 Å². The number of nitrogens with one attached hydrogen (secondary N) is 2. The summed E-state index contributed by atoms with van der Waals surface area (Å²) in [6.07, 6.45) is 1.51. The van der Waals surface area contributed by atoms with E-state index in [1.807, 2.05) is 36.4 Å². The van der Waals surface area contributed by atoms with Gasteiger partial charge in [0, 0.05) is 5.69 Å². The molecule has 1 aromatic heterocycles. The third kappa shape index (κ3) is 2.80. The molecule has 24 heavy (non-hydrogen) atoms. The van der Waals surface area contributed by atoms with Gasteiger partial charge in [-0.3, -0.25) is 9.59 Å². The van der Waals surface area contributed by atoms with E-state index in [2.05, 4.69) is 15.3 Å². The van der Waals surface area contributed by atoms with E-state index in [0.29, 0.717) is 22.5 Å². The van der Waals surface area contributed by atoms with Crippen LogP contribution < -0.4 is 10.9 Å². The lowest BCUT2D eigenvalue weighted by Crippen LogP contribution is -2.24. The van der Waals surface area contributed by atoms with Crippen LogP contribution in [0.3, 0.4) is 0 Å². The molecule has 0 saturated carbocycles. The van der Waals surface area contributed by atoms with E-state index in [9.17, 15) is 9.59 Å². The van der Waals surface area contributed by atoms with E-state index in [1.54, 1.807) is 12.1 Å². The average molecular weight is 337 g/mol. The van der Waals surface area contributed by atoms with Crippen molar-refractivity contribution in [1.82, 2.24) is 9.97 Å². The van der Waals surface area contributed by atoms with Crippen LogP contribution in [0.4, 0.5) is 5.69 Å². The number of rotatable bonds is 2. The van der Waals surface area contributed by atoms with Crippen molar-refractivity contribution in [2.45, 2.75) is 23.2 Å². The van der Waals surface area contributed by atoms with Crippen molar-refractivity contribution < 1.29 is 4.79 Å².